The number of hydrogen-bond acceptors (Lipinski definition) is 6. The third-order valence-corrected chi connectivity index (χ3v) is 4.85. The fraction of sp³-hybridized carbons (Fsp3) is 0.150. The molecule has 1 fully saturated rings. The first-order valence-corrected chi connectivity index (χ1v) is 9.07. The van der Waals surface area contributed by atoms with E-state index < -0.39 is 23.8 Å². The number of carbonyl (C=O) groups is 3. The Labute approximate surface area is 166 Å². The number of anilines is 2. The number of halogens is 1. The third-order valence-electron chi connectivity index (χ3n) is 4.53. The number of esters is 1. The van der Waals surface area contributed by atoms with Crippen molar-refractivity contribution in [2.45, 2.75) is 13.0 Å². The highest BCUT2D eigenvalue weighted by Crippen LogP contribution is 2.38. The second kappa shape index (κ2) is 7.01. The van der Waals surface area contributed by atoms with Crippen LogP contribution in [0.1, 0.15) is 6.92 Å². The minimum atomic E-state index is -0.995. The second-order valence-electron chi connectivity index (χ2n) is 6.16. The van der Waals surface area contributed by atoms with Crippen LogP contribution in [-0.2, 0) is 19.1 Å². The van der Waals surface area contributed by atoms with E-state index >= 15 is 0 Å². The van der Waals surface area contributed by atoms with Gasteiger partial charge in [0.05, 0.1) is 28.6 Å². The van der Waals surface area contributed by atoms with Crippen molar-refractivity contribution >= 4 is 40.8 Å². The largest absolute Gasteiger partial charge is 0.461 e. The number of hydrogen-bond donors (Lipinski definition) is 1. The summed E-state index contributed by atoms with van der Waals surface area (Å²) in [6, 6.07) is 14.6. The fourth-order valence-electron chi connectivity index (χ4n) is 3.33. The van der Waals surface area contributed by atoms with Gasteiger partial charge in [-0.25, -0.2) is 9.69 Å². The quantitative estimate of drug-likeness (QED) is 0.630. The summed E-state index contributed by atoms with van der Waals surface area (Å²) in [5.41, 5.74) is 3.79. The highest BCUT2D eigenvalue weighted by atomic mass is 35.5. The summed E-state index contributed by atoms with van der Waals surface area (Å²) < 4.78 is 5.07. The van der Waals surface area contributed by atoms with Gasteiger partial charge in [0, 0.05) is 0 Å². The van der Waals surface area contributed by atoms with Crippen LogP contribution in [0.15, 0.2) is 65.9 Å². The number of hydrazine groups is 1. The summed E-state index contributed by atoms with van der Waals surface area (Å²) in [5.74, 6) is -1.79. The highest BCUT2D eigenvalue weighted by Gasteiger charge is 2.54. The molecular weight excluding hydrogens is 382 g/mol. The molecule has 1 atom stereocenters. The first-order valence-electron chi connectivity index (χ1n) is 8.69. The first-order chi connectivity index (χ1) is 13.5. The van der Waals surface area contributed by atoms with Crippen molar-refractivity contribution in [2.24, 2.45) is 0 Å². The maximum absolute atomic E-state index is 13.2. The lowest BCUT2D eigenvalue weighted by atomic mass is 10.1. The summed E-state index contributed by atoms with van der Waals surface area (Å²) in [6.45, 7) is 1.81. The van der Waals surface area contributed by atoms with Crippen molar-refractivity contribution < 1.29 is 19.1 Å². The van der Waals surface area contributed by atoms with Crippen LogP contribution in [0.25, 0.3) is 0 Å². The fourth-order valence-corrected chi connectivity index (χ4v) is 3.55. The van der Waals surface area contributed by atoms with E-state index in [0.29, 0.717) is 5.69 Å². The topological polar surface area (TPSA) is 79.0 Å². The Bertz CT molecular complexity index is 1010. The summed E-state index contributed by atoms with van der Waals surface area (Å²) >= 11 is 6.21. The molecule has 2 aromatic carbocycles. The summed E-state index contributed by atoms with van der Waals surface area (Å²) in [5, 5.41) is 1.76. The van der Waals surface area contributed by atoms with Gasteiger partial charge in [-0.15, -0.1) is 0 Å². The van der Waals surface area contributed by atoms with E-state index in [-0.39, 0.29) is 28.6 Å². The van der Waals surface area contributed by atoms with Crippen molar-refractivity contribution in [1.82, 2.24) is 5.43 Å². The van der Waals surface area contributed by atoms with Gasteiger partial charge in [-0.2, -0.15) is 0 Å². The molecule has 0 saturated carbocycles. The number of imide groups is 1. The van der Waals surface area contributed by atoms with Crippen LogP contribution in [0.5, 0.6) is 0 Å². The molecule has 2 aliphatic heterocycles. The lowest BCUT2D eigenvalue weighted by molar-refractivity contribution is -0.139. The number of para-hydroxylation sites is 2. The van der Waals surface area contributed by atoms with Gasteiger partial charge < -0.3 is 4.74 Å². The van der Waals surface area contributed by atoms with Gasteiger partial charge in [0.25, 0.3) is 11.8 Å². The van der Waals surface area contributed by atoms with E-state index in [1.165, 1.54) is 5.01 Å². The molecule has 0 bridgehead atoms. The van der Waals surface area contributed by atoms with E-state index in [1.54, 1.807) is 55.5 Å². The molecule has 0 aliphatic carbocycles. The molecule has 0 spiro atoms. The number of rotatable bonds is 4. The van der Waals surface area contributed by atoms with Gasteiger partial charge in [-0.05, 0) is 31.2 Å². The van der Waals surface area contributed by atoms with Crippen LogP contribution in [0.4, 0.5) is 11.4 Å². The Morgan fingerprint density at radius 2 is 1.79 bits per heavy atom. The molecule has 28 heavy (non-hydrogen) atoms. The van der Waals surface area contributed by atoms with Crippen LogP contribution in [0, 0.1) is 0 Å². The SMILES string of the molecule is CCOC(=O)C1=C2C(=O)N(c3ccccc3Cl)C(=O)[C@H]2N(c2ccccc2)N1. The molecule has 0 unspecified atom stereocenters. The average molecular weight is 398 g/mol. The average Bonchev–Trinajstić information content (AvgIpc) is 3.21. The van der Waals surface area contributed by atoms with Crippen LogP contribution in [0.2, 0.25) is 5.02 Å². The van der Waals surface area contributed by atoms with Gasteiger partial charge in [0.1, 0.15) is 0 Å². The minimum absolute atomic E-state index is 0.0383. The number of ether oxygens (including phenoxy) is 1. The lowest BCUT2D eigenvalue weighted by Crippen LogP contribution is -2.46. The molecule has 2 aliphatic rings. The zero-order valence-corrected chi connectivity index (χ0v) is 15.6. The molecular formula is C20H16ClN3O4. The van der Waals surface area contributed by atoms with Crippen LogP contribution in [-0.4, -0.2) is 30.4 Å². The number of fused-ring (bicyclic) bond motifs is 1. The third kappa shape index (κ3) is 2.71. The van der Waals surface area contributed by atoms with Crippen molar-refractivity contribution in [1.29, 1.82) is 0 Å². The molecule has 0 radical (unpaired) electrons. The maximum Gasteiger partial charge on any atom is 0.356 e. The molecule has 142 valence electrons. The predicted molar refractivity (Wildman–Crippen MR) is 103 cm³/mol. The van der Waals surface area contributed by atoms with E-state index in [0.717, 1.165) is 4.90 Å². The molecule has 1 N–H and O–H groups in total. The Balaban J connectivity index is 1.84. The highest BCUT2D eigenvalue weighted by molar-refractivity contribution is 6.39. The Hall–Kier alpha value is -3.32. The Kier molecular flexibility index (Phi) is 4.52. The zero-order chi connectivity index (χ0) is 19.8. The van der Waals surface area contributed by atoms with Gasteiger partial charge in [-0.1, -0.05) is 41.9 Å². The standard InChI is InChI=1S/C20H16ClN3O4/c1-2-28-20(27)16-15-17(24(22-16)12-8-4-3-5-9-12)19(26)23(18(15)25)14-11-7-6-10-13(14)21/h3-11,17,22H,2H2,1H3/t17-/m0/s1. The van der Waals surface area contributed by atoms with Crippen molar-refractivity contribution in [3.05, 3.63) is 70.9 Å². The Morgan fingerprint density at radius 1 is 1.11 bits per heavy atom. The number of nitrogens with zero attached hydrogens (tertiary/aromatic N) is 2. The summed E-state index contributed by atoms with van der Waals surface area (Å²) in [6.07, 6.45) is 0. The van der Waals surface area contributed by atoms with Crippen LogP contribution < -0.4 is 15.3 Å². The second-order valence-corrected chi connectivity index (χ2v) is 6.57. The van der Waals surface area contributed by atoms with Gasteiger partial charge in [0.15, 0.2) is 11.7 Å². The molecule has 2 amide bonds. The minimum Gasteiger partial charge on any atom is -0.461 e. The van der Waals surface area contributed by atoms with Crippen LogP contribution in [0.3, 0.4) is 0 Å². The number of benzene rings is 2. The molecule has 2 heterocycles. The molecule has 1 saturated heterocycles. The van der Waals surface area contributed by atoms with Crippen LogP contribution >= 0.6 is 11.6 Å². The summed E-state index contributed by atoms with van der Waals surface area (Å²) in [4.78, 5) is 39.9. The normalized spacial score (nSPS) is 18.4. The molecule has 7 nitrogen and oxygen atoms in total. The van der Waals surface area contributed by atoms with Crippen molar-refractivity contribution in [3.63, 3.8) is 0 Å². The summed E-state index contributed by atoms with van der Waals surface area (Å²) in [7, 11) is 0. The monoisotopic (exact) mass is 397 g/mol. The zero-order valence-electron chi connectivity index (χ0n) is 14.9. The molecule has 4 rings (SSSR count). The maximum atomic E-state index is 13.2. The van der Waals surface area contributed by atoms with E-state index in [9.17, 15) is 14.4 Å². The van der Waals surface area contributed by atoms with E-state index in [1.807, 2.05) is 6.07 Å². The number of amides is 2. The van der Waals surface area contributed by atoms with Crippen molar-refractivity contribution in [2.75, 3.05) is 16.5 Å². The number of carbonyl (C=O) groups excluding carboxylic acids is 3. The van der Waals surface area contributed by atoms with Gasteiger partial charge >= 0.3 is 5.97 Å². The first kappa shape index (κ1) is 18.1. The Morgan fingerprint density at radius 3 is 2.46 bits per heavy atom. The van der Waals surface area contributed by atoms with Gasteiger partial charge in [0.2, 0.25) is 0 Å². The lowest BCUT2D eigenvalue weighted by Gasteiger charge is -2.26. The van der Waals surface area contributed by atoms with E-state index in [4.69, 9.17) is 16.3 Å². The van der Waals surface area contributed by atoms with E-state index in [2.05, 4.69) is 5.43 Å². The number of nitrogens with one attached hydrogen (secondary N) is 1. The smallest absolute Gasteiger partial charge is 0.356 e. The van der Waals surface area contributed by atoms with Crippen molar-refractivity contribution in [3.8, 4) is 0 Å². The molecule has 8 heteroatoms. The van der Waals surface area contributed by atoms with Gasteiger partial charge in [-0.3, -0.25) is 20.0 Å². The molecule has 2 aromatic rings. The predicted octanol–water partition coefficient (Wildman–Crippen LogP) is 2.42. The molecule has 0 aromatic heterocycles.